The molecule has 5 heteroatoms. The van der Waals surface area contributed by atoms with Gasteiger partial charge in [0.2, 0.25) is 5.88 Å². The van der Waals surface area contributed by atoms with Crippen LogP contribution in [0.1, 0.15) is 30.9 Å². The molecule has 2 N–H and O–H groups in total. The number of azo groups is 1. The topological polar surface area (TPSA) is 60.7 Å². The summed E-state index contributed by atoms with van der Waals surface area (Å²) in [6, 6.07) is 11.5. The highest BCUT2D eigenvalue weighted by molar-refractivity contribution is 6.31. The first-order valence-corrected chi connectivity index (χ1v) is 7.86. The lowest BCUT2D eigenvalue weighted by molar-refractivity contribution is 0.459. The lowest BCUT2D eigenvalue weighted by Crippen LogP contribution is -1.85. The van der Waals surface area contributed by atoms with E-state index in [4.69, 9.17) is 11.6 Å². The molecule has 23 heavy (non-hydrogen) atoms. The van der Waals surface area contributed by atoms with Crippen LogP contribution < -0.4 is 0 Å². The highest BCUT2D eigenvalue weighted by atomic mass is 35.5. The molecule has 0 aliphatic carbocycles. The number of hydrogen-bond donors (Lipinski definition) is 2. The van der Waals surface area contributed by atoms with Gasteiger partial charge in [0.25, 0.3) is 0 Å². The van der Waals surface area contributed by atoms with Crippen molar-refractivity contribution in [3.05, 3.63) is 52.5 Å². The summed E-state index contributed by atoms with van der Waals surface area (Å²) in [4.78, 5) is 2.93. The first-order valence-electron chi connectivity index (χ1n) is 7.48. The van der Waals surface area contributed by atoms with Crippen LogP contribution in [-0.4, -0.2) is 10.1 Å². The van der Waals surface area contributed by atoms with Crippen molar-refractivity contribution in [3.63, 3.8) is 0 Å². The van der Waals surface area contributed by atoms with Crippen molar-refractivity contribution in [2.24, 2.45) is 10.2 Å². The Kier molecular flexibility index (Phi) is 4.09. The number of halogens is 1. The number of aromatic amines is 1. The lowest BCUT2D eigenvalue weighted by Gasteiger charge is -2.04. The van der Waals surface area contributed by atoms with Crippen LogP contribution in [0.25, 0.3) is 10.9 Å². The third-order valence-corrected chi connectivity index (χ3v) is 4.27. The third kappa shape index (κ3) is 3.08. The summed E-state index contributed by atoms with van der Waals surface area (Å²) in [5.74, 6) is 0.417. The highest BCUT2D eigenvalue weighted by Crippen LogP contribution is 2.37. The minimum atomic E-state index is 0.0165. The summed E-state index contributed by atoms with van der Waals surface area (Å²) < 4.78 is 0. The van der Waals surface area contributed by atoms with E-state index in [9.17, 15) is 5.11 Å². The Morgan fingerprint density at radius 1 is 1.09 bits per heavy atom. The normalized spacial score (nSPS) is 11.9. The monoisotopic (exact) mass is 327 g/mol. The number of rotatable bonds is 3. The summed E-state index contributed by atoms with van der Waals surface area (Å²) in [6.45, 7) is 6.19. The number of aromatic nitrogens is 1. The van der Waals surface area contributed by atoms with E-state index >= 15 is 0 Å². The van der Waals surface area contributed by atoms with Crippen LogP contribution in [0.4, 0.5) is 11.4 Å². The quantitative estimate of drug-likeness (QED) is 0.539. The van der Waals surface area contributed by atoms with Gasteiger partial charge in [-0.05, 0) is 48.2 Å². The number of hydrogen-bond acceptors (Lipinski definition) is 3. The van der Waals surface area contributed by atoms with E-state index in [0.717, 1.165) is 16.5 Å². The maximum absolute atomic E-state index is 10.1. The molecule has 3 aromatic rings. The van der Waals surface area contributed by atoms with Gasteiger partial charge in [-0.15, -0.1) is 5.11 Å². The third-order valence-electron chi connectivity index (χ3n) is 3.86. The number of benzene rings is 2. The van der Waals surface area contributed by atoms with Crippen molar-refractivity contribution in [2.75, 3.05) is 0 Å². The minimum absolute atomic E-state index is 0.0165. The average molecular weight is 328 g/mol. The molecular weight excluding hydrogens is 310 g/mol. The van der Waals surface area contributed by atoms with Crippen molar-refractivity contribution >= 4 is 33.9 Å². The SMILES string of the molecule is Cc1ccc(N=Nc2c(O)[nH]c3ccc(C(C)C)cc23)cc1Cl. The molecular formula is C18H18ClN3O. The van der Waals surface area contributed by atoms with Crippen LogP contribution in [0.3, 0.4) is 0 Å². The fourth-order valence-corrected chi connectivity index (χ4v) is 2.57. The van der Waals surface area contributed by atoms with E-state index in [2.05, 4.69) is 29.1 Å². The van der Waals surface area contributed by atoms with Gasteiger partial charge >= 0.3 is 0 Å². The molecule has 0 spiro atoms. The zero-order chi connectivity index (χ0) is 16.6. The standard InChI is InChI=1S/C18H18ClN3O/c1-10(2)12-5-7-16-14(8-12)17(18(23)20-16)22-21-13-6-4-11(3)15(19)9-13/h4-10,20,23H,1-3H3. The van der Waals surface area contributed by atoms with Gasteiger partial charge in [0, 0.05) is 10.4 Å². The van der Waals surface area contributed by atoms with E-state index in [1.807, 2.05) is 37.3 Å². The van der Waals surface area contributed by atoms with E-state index in [1.165, 1.54) is 5.56 Å². The summed E-state index contributed by atoms with van der Waals surface area (Å²) >= 11 is 6.10. The molecule has 0 bridgehead atoms. The number of nitrogens with one attached hydrogen (secondary N) is 1. The molecule has 1 aromatic heterocycles. The predicted octanol–water partition coefficient (Wildman–Crippen LogP) is 6.37. The Hall–Kier alpha value is -2.33. The molecule has 2 aromatic carbocycles. The van der Waals surface area contributed by atoms with E-state index < -0.39 is 0 Å². The van der Waals surface area contributed by atoms with Crippen molar-refractivity contribution in [2.45, 2.75) is 26.7 Å². The lowest BCUT2D eigenvalue weighted by atomic mass is 10.0. The summed E-state index contributed by atoms with van der Waals surface area (Å²) in [5.41, 5.74) is 4.10. The summed E-state index contributed by atoms with van der Waals surface area (Å²) in [5, 5.41) is 20.0. The molecule has 0 saturated heterocycles. The fourth-order valence-electron chi connectivity index (χ4n) is 2.39. The Bertz CT molecular complexity index is 897. The molecule has 0 saturated carbocycles. The van der Waals surface area contributed by atoms with Crippen LogP contribution in [0.15, 0.2) is 46.6 Å². The molecule has 0 aliphatic rings. The van der Waals surface area contributed by atoms with Crippen molar-refractivity contribution < 1.29 is 5.11 Å². The van der Waals surface area contributed by atoms with E-state index in [0.29, 0.717) is 22.3 Å². The van der Waals surface area contributed by atoms with Crippen LogP contribution in [-0.2, 0) is 0 Å². The Morgan fingerprint density at radius 2 is 1.87 bits per heavy atom. The number of fused-ring (bicyclic) bond motifs is 1. The van der Waals surface area contributed by atoms with Crippen molar-refractivity contribution in [3.8, 4) is 5.88 Å². The zero-order valence-electron chi connectivity index (χ0n) is 13.3. The van der Waals surface area contributed by atoms with Gasteiger partial charge in [0.05, 0.1) is 11.2 Å². The summed E-state index contributed by atoms with van der Waals surface area (Å²) in [6.07, 6.45) is 0. The van der Waals surface area contributed by atoms with Gasteiger partial charge in [-0.1, -0.05) is 37.6 Å². The highest BCUT2D eigenvalue weighted by Gasteiger charge is 2.12. The van der Waals surface area contributed by atoms with Crippen LogP contribution in [0, 0.1) is 6.92 Å². The molecule has 0 atom stereocenters. The molecule has 0 aliphatic heterocycles. The van der Waals surface area contributed by atoms with Gasteiger partial charge in [-0.2, -0.15) is 5.11 Å². The van der Waals surface area contributed by atoms with Gasteiger partial charge in [-0.3, -0.25) is 0 Å². The molecule has 4 nitrogen and oxygen atoms in total. The Labute approximate surface area is 139 Å². The molecule has 0 fully saturated rings. The second kappa shape index (κ2) is 6.05. The zero-order valence-corrected chi connectivity index (χ0v) is 14.0. The first-order chi connectivity index (χ1) is 11.0. The van der Waals surface area contributed by atoms with Crippen LogP contribution in [0.5, 0.6) is 5.88 Å². The number of aromatic hydroxyl groups is 1. The maximum atomic E-state index is 10.1. The number of H-pyrrole nitrogens is 1. The molecule has 0 amide bonds. The van der Waals surface area contributed by atoms with Crippen LogP contribution in [0.2, 0.25) is 5.02 Å². The van der Waals surface area contributed by atoms with Crippen molar-refractivity contribution in [1.29, 1.82) is 0 Å². The van der Waals surface area contributed by atoms with Gasteiger partial charge in [0.1, 0.15) is 0 Å². The Morgan fingerprint density at radius 3 is 2.57 bits per heavy atom. The van der Waals surface area contributed by atoms with Crippen molar-refractivity contribution in [1.82, 2.24) is 4.98 Å². The second-order valence-corrected chi connectivity index (χ2v) is 6.32. The molecule has 0 radical (unpaired) electrons. The Balaban J connectivity index is 2.04. The van der Waals surface area contributed by atoms with Crippen LogP contribution >= 0.6 is 11.6 Å². The minimum Gasteiger partial charge on any atom is -0.493 e. The maximum Gasteiger partial charge on any atom is 0.218 e. The molecule has 3 rings (SSSR count). The molecule has 118 valence electrons. The first kappa shape index (κ1) is 15.6. The van der Waals surface area contributed by atoms with E-state index in [-0.39, 0.29) is 5.88 Å². The van der Waals surface area contributed by atoms with Gasteiger partial charge in [-0.25, -0.2) is 0 Å². The van der Waals surface area contributed by atoms with Gasteiger partial charge < -0.3 is 10.1 Å². The van der Waals surface area contributed by atoms with Gasteiger partial charge in [0.15, 0.2) is 5.69 Å². The number of nitrogens with zero attached hydrogens (tertiary/aromatic N) is 2. The summed E-state index contributed by atoms with van der Waals surface area (Å²) in [7, 11) is 0. The fraction of sp³-hybridized carbons (Fsp3) is 0.222. The number of aryl methyl sites for hydroxylation is 1. The molecule has 1 heterocycles. The molecule has 0 unspecified atom stereocenters. The predicted molar refractivity (Wildman–Crippen MR) is 94.4 cm³/mol. The van der Waals surface area contributed by atoms with E-state index in [1.54, 1.807) is 6.07 Å². The average Bonchev–Trinajstić information content (AvgIpc) is 2.83. The second-order valence-electron chi connectivity index (χ2n) is 5.92. The largest absolute Gasteiger partial charge is 0.493 e. The smallest absolute Gasteiger partial charge is 0.218 e.